The fraction of sp³-hybridized carbons (Fsp3) is 0.619. The Balaban J connectivity index is 1.77. The van der Waals surface area contributed by atoms with Gasteiger partial charge in [0.1, 0.15) is 5.75 Å². The highest BCUT2D eigenvalue weighted by atomic mass is 16.5. The van der Waals surface area contributed by atoms with Crippen molar-refractivity contribution in [2.75, 3.05) is 0 Å². The van der Waals surface area contributed by atoms with Crippen LogP contribution < -0.4 is 4.74 Å². The fourth-order valence-corrected chi connectivity index (χ4v) is 3.51. The molecule has 1 saturated carbocycles. The van der Waals surface area contributed by atoms with Crippen LogP contribution in [-0.4, -0.2) is 0 Å². The summed E-state index contributed by atoms with van der Waals surface area (Å²) in [4.78, 5) is 0. The van der Waals surface area contributed by atoms with Crippen LogP contribution in [0.4, 0.5) is 0 Å². The van der Waals surface area contributed by atoms with E-state index in [9.17, 15) is 0 Å². The number of unbranched alkanes of at least 4 members (excludes halogenated alkanes) is 2. The minimum atomic E-state index is 0.766. The van der Waals surface area contributed by atoms with Crippen LogP contribution in [0.2, 0.25) is 0 Å². The molecular formula is C21H32O. The number of ether oxygens (including phenoxy) is 1. The maximum absolute atomic E-state index is 5.58. The van der Waals surface area contributed by atoms with Gasteiger partial charge >= 0.3 is 0 Å². The molecule has 0 N–H and O–H groups in total. The second-order valence-electron chi connectivity index (χ2n) is 6.68. The van der Waals surface area contributed by atoms with Crippen LogP contribution in [0.1, 0.15) is 83.1 Å². The number of rotatable bonds is 8. The average Bonchev–Trinajstić information content (AvgIpc) is 2.57. The van der Waals surface area contributed by atoms with Crippen LogP contribution in [0.15, 0.2) is 36.6 Å². The molecule has 1 nitrogen and oxygen atoms in total. The molecule has 22 heavy (non-hydrogen) atoms. The molecule has 0 saturated heterocycles. The Labute approximate surface area is 136 Å². The minimum Gasteiger partial charge on any atom is -0.465 e. The van der Waals surface area contributed by atoms with Crippen LogP contribution in [0, 0.1) is 5.92 Å². The highest BCUT2D eigenvalue weighted by molar-refractivity contribution is 5.30. The van der Waals surface area contributed by atoms with Crippen molar-refractivity contribution in [3.63, 3.8) is 0 Å². The molecule has 0 heterocycles. The van der Waals surface area contributed by atoms with E-state index in [1.165, 1.54) is 56.9 Å². The van der Waals surface area contributed by atoms with Crippen molar-refractivity contribution in [3.05, 3.63) is 42.2 Å². The van der Waals surface area contributed by atoms with Crippen LogP contribution in [0.25, 0.3) is 0 Å². The highest BCUT2D eigenvalue weighted by Crippen LogP contribution is 2.38. The van der Waals surface area contributed by atoms with E-state index in [2.05, 4.69) is 38.1 Å². The van der Waals surface area contributed by atoms with Gasteiger partial charge in [-0.1, -0.05) is 51.7 Å². The van der Waals surface area contributed by atoms with Crippen molar-refractivity contribution in [1.82, 2.24) is 0 Å². The molecule has 0 amide bonds. The van der Waals surface area contributed by atoms with E-state index in [4.69, 9.17) is 4.74 Å². The van der Waals surface area contributed by atoms with Gasteiger partial charge in [0, 0.05) is 0 Å². The van der Waals surface area contributed by atoms with E-state index in [1.54, 1.807) is 6.26 Å². The summed E-state index contributed by atoms with van der Waals surface area (Å²) in [6, 6.07) is 8.75. The Hall–Kier alpha value is -1.24. The van der Waals surface area contributed by atoms with E-state index in [-0.39, 0.29) is 0 Å². The predicted octanol–water partition coefficient (Wildman–Crippen LogP) is 6.84. The topological polar surface area (TPSA) is 9.23 Å². The van der Waals surface area contributed by atoms with Crippen LogP contribution in [0.3, 0.4) is 0 Å². The molecular weight excluding hydrogens is 268 g/mol. The molecule has 1 heteroatoms. The van der Waals surface area contributed by atoms with Crippen LogP contribution in [0.5, 0.6) is 5.75 Å². The number of allylic oxidation sites excluding steroid dienone is 1. The van der Waals surface area contributed by atoms with Crippen molar-refractivity contribution in [3.8, 4) is 5.75 Å². The lowest BCUT2D eigenvalue weighted by Gasteiger charge is -2.29. The maximum Gasteiger partial charge on any atom is 0.126 e. The largest absolute Gasteiger partial charge is 0.465 e. The monoisotopic (exact) mass is 300 g/mol. The summed E-state index contributed by atoms with van der Waals surface area (Å²) in [6.07, 6.45) is 16.1. The first-order chi connectivity index (χ1) is 10.8. The summed E-state index contributed by atoms with van der Waals surface area (Å²) < 4.78 is 5.58. The lowest BCUT2D eigenvalue weighted by atomic mass is 9.77. The van der Waals surface area contributed by atoms with Gasteiger partial charge in [0.05, 0.1) is 6.26 Å². The van der Waals surface area contributed by atoms with Crippen molar-refractivity contribution >= 4 is 0 Å². The Morgan fingerprint density at radius 3 is 2.36 bits per heavy atom. The van der Waals surface area contributed by atoms with E-state index in [1.807, 2.05) is 6.08 Å². The Bertz CT molecular complexity index is 424. The summed E-state index contributed by atoms with van der Waals surface area (Å²) in [6.45, 7) is 4.41. The predicted molar refractivity (Wildman–Crippen MR) is 95.3 cm³/mol. The van der Waals surface area contributed by atoms with E-state index >= 15 is 0 Å². The summed E-state index contributed by atoms with van der Waals surface area (Å²) >= 11 is 0. The van der Waals surface area contributed by atoms with Gasteiger partial charge in [0.15, 0.2) is 0 Å². The zero-order chi connectivity index (χ0) is 15.6. The van der Waals surface area contributed by atoms with E-state index < -0.39 is 0 Å². The highest BCUT2D eigenvalue weighted by Gasteiger charge is 2.21. The SMILES string of the molecule is CCC=COc1ccc(C2CCC(CCCCC)CC2)cc1. The molecule has 1 aliphatic carbocycles. The summed E-state index contributed by atoms with van der Waals surface area (Å²) in [5.41, 5.74) is 1.50. The number of hydrogen-bond donors (Lipinski definition) is 0. The molecule has 0 spiro atoms. The molecule has 1 fully saturated rings. The summed E-state index contributed by atoms with van der Waals surface area (Å²) in [7, 11) is 0. The second-order valence-corrected chi connectivity index (χ2v) is 6.68. The Kier molecular flexibility index (Phi) is 7.56. The normalized spacial score (nSPS) is 22.1. The first kappa shape index (κ1) is 17.1. The summed E-state index contributed by atoms with van der Waals surface area (Å²) in [5.74, 6) is 2.70. The third-order valence-corrected chi connectivity index (χ3v) is 4.95. The third-order valence-electron chi connectivity index (χ3n) is 4.95. The van der Waals surface area contributed by atoms with Gasteiger partial charge in [-0.05, 0) is 67.7 Å². The van der Waals surface area contributed by atoms with E-state index in [0.29, 0.717) is 0 Å². The molecule has 122 valence electrons. The lowest BCUT2D eigenvalue weighted by Crippen LogP contribution is -2.13. The first-order valence-electron chi connectivity index (χ1n) is 9.25. The second kappa shape index (κ2) is 9.71. The van der Waals surface area contributed by atoms with Gasteiger partial charge in [-0.3, -0.25) is 0 Å². The first-order valence-corrected chi connectivity index (χ1v) is 9.25. The van der Waals surface area contributed by atoms with Gasteiger partial charge in [-0.25, -0.2) is 0 Å². The Morgan fingerprint density at radius 2 is 1.73 bits per heavy atom. The molecule has 1 aromatic rings. The zero-order valence-electron chi connectivity index (χ0n) is 14.4. The fourth-order valence-electron chi connectivity index (χ4n) is 3.51. The van der Waals surface area contributed by atoms with E-state index in [0.717, 1.165) is 24.0 Å². The standard InChI is InChI=1S/C21H32O/c1-3-5-7-8-18-9-11-19(12-10-18)20-13-15-21(16-14-20)22-17-6-4-2/h6,13-19H,3-5,7-12H2,1-2H3. The molecule has 0 aromatic heterocycles. The molecule has 0 radical (unpaired) electrons. The zero-order valence-corrected chi connectivity index (χ0v) is 14.4. The third kappa shape index (κ3) is 5.51. The Morgan fingerprint density at radius 1 is 1.00 bits per heavy atom. The van der Waals surface area contributed by atoms with Crippen molar-refractivity contribution in [1.29, 1.82) is 0 Å². The molecule has 1 aromatic carbocycles. The average molecular weight is 300 g/mol. The van der Waals surface area contributed by atoms with Gasteiger partial charge < -0.3 is 4.74 Å². The number of hydrogen-bond acceptors (Lipinski definition) is 1. The van der Waals surface area contributed by atoms with Crippen molar-refractivity contribution < 1.29 is 4.74 Å². The minimum absolute atomic E-state index is 0.766. The molecule has 0 aliphatic heterocycles. The number of benzene rings is 1. The molecule has 1 aliphatic rings. The van der Waals surface area contributed by atoms with Crippen LogP contribution in [-0.2, 0) is 0 Å². The van der Waals surface area contributed by atoms with Crippen LogP contribution >= 0.6 is 0 Å². The molecule has 0 unspecified atom stereocenters. The van der Waals surface area contributed by atoms with Gasteiger partial charge in [0.25, 0.3) is 0 Å². The molecule has 0 atom stereocenters. The molecule has 0 bridgehead atoms. The van der Waals surface area contributed by atoms with Gasteiger partial charge in [-0.15, -0.1) is 0 Å². The van der Waals surface area contributed by atoms with Gasteiger partial charge in [0.2, 0.25) is 0 Å². The van der Waals surface area contributed by atoms with Gasteiger partial charge in [-0.2, -0.15) is 0 Å². The van der Waals surface area contributed by atoms with Crippen molar-refractivity contribution in [2.24, 2.45) is 5.92 Å². The maximum atomic E-state index is 5.58. The lowest BCUT2D eigenvalue weighted by molar-refractivity contribution is 0.302. The molecule has 2 rings (SSSR count). The summed E-state index contributed by atoms with van der Waals surface area (Å²) in [5, 5.41) is 0. The smallest absolute Gasteiger partial charge is 0.126 e. The quantitative estimate of drug-likeness (QED) is 0.377. The van der Waals surface area contributed by atoms with Crippen molar-refractivity contribution in [2.45, 2.75) is 77.6 Å².